The lowest BCUT2D eigenvalue weighted by Crippen LogP contribution is -2.69. The zero-order valence-electron chi connectivity index (χ0n) is 42.2. The third kappa shape index (κ3) is 7.86. The van der Waals surface area contributed by atoms with Gasteiger partial charge in [-0.25, -0.2) is 0 Å². The van der Waals surface area contributed by atoms with Crippen LogP contribution in [0, 0.1) is 57.2 Å². The summed E-state index contributed by atoms with van der Waals surface area (Å²) in [7, 11) is 0. The number of alkyl halides is 2. The molecule has 8 aliphatic carbocycles. The van der Waals surface area contributed by atoms with Crippen molar-refractivity contribution in [3.63, 3.8) is 0 Å². The quantitative estimate of drug-likeness (QED) is 0.0481. The van der Waals surface area contributed by atoms with Gasteiger partial charge in [-0.15, -0.1) is 23.2 Å². The number of carbonyl (C=O) groups is 6. The van der Waals surface area contributed by atoms with E-state index in [-0.39, 0.29) is 98.7 Å². The van der Waals surface area contributed by atoms with Gasteiger partial charge in [0, 0.05) is 47.3 Å². The van der Waals surface area contributed by atoms with Gasteiger partial charge in [-0.2, -0.15) is 0 Å². The monoisotopic (exact) mass is 1010 g/mol. The minimum absolute atomic E-state index is 0.00947. The molecule has 70 heavy (non-hydrogen) atoms. The molecule has 0 aromatic carbocycles. The highest BCUT2D eigenvalue weighted by Crippen LogP contribution is 2.72. The van der Waals surface area contributed by atoms with E-state index in [0.717, 1.165) is 49.7 Å². The third-order valence-corrected chi connectivity index (χ3v) is 22.5. The largest absolute Gasteiger partial charge is 0.391 e. The molecule has 0 aromatic heterocycles. The molecule has 4 saturated carbocycles. The average Bonchev–Trinajstić information content (AvgIpc) is 3.64. The number of aliphatic hydroxyl groups is 4. The molecule has 0 aliphatic heterocycles. The average molecular weight is 1010 g/mol. The number of amides is 2. The van der Waals surface area contributed by atoms with Crippen molar-refractivity contribution in [1.82, 2.24) is 10.6 Å². The maximum atomic E-state index is 14.0. The topological polar surface area (TPSA) is 207 Å². The van der Waals surface area contributed by atoms with Gasteiger partial charge in [0.2, 0.25) is 11.8 Å². The van der Waals surface area contributed by atoms with Crippen LogP contribution in [0.4, 0.5) is 0 Å². The molecule has 16 unspecified atom stereocenters. The summed E-state index contributed by atoms with van der Waals surface area (Å²) >= 11 is 15.1. The van der Waals surface area contributed by atoms with Gasteiger partial charge in [0.05, 0.1) is 35.0 Å². The van der Waals surface area contributed by atoms with Crippen molar-refractivity contribution in [3.05, 3.63) is 47.6 Å². The number of unbranched alkanes of at least 4 members (excludes halogenated alkanes) is 7. The molecule has 0 heterocycles. The first kappa shape index (κ1) is 53.3. The molecule has 12 nitrogen and oxygen atoms in total. The first-order valence-electron chi connectivity index (χ1n) is 26.4. The van der Waals surface area contributed by atoms with E-state index in [2.05, 4.69) is 22.8 Å². The molecule has 4 fully saturated rings. The normalized spacial score (nSPS) is 44.5. The molecule has 0 spiro atoms. The number of hydrogen-bond acceptors (Lipinski definition) is 10. The van der Waals surface area contributed by atoms with E-state index in [0.29, 0.717) is 38.5 Å². The maximum Gasteiger partial charge on any atom is 0.220 e. The zero-order chi connectivity index (χ0) is 51.0. The van der Waals surface area contributed by atoms with E-state index >= 15 is 0 Å². The van der Waals surface area contributed by atoms with Crippen molar-refractivity contribution in [2.24, 2.45) is 57.2 Å². The first-order valence-corrected chi connectivity index (χ1v) is 27.2. The van der Waals surface area contributed by atoms with Gasteiger partial charge < -0.3 is 31.1 Å². The Kier molecular flexibility index (Phi) is 14.5. The molecule has 14 heteroatoms. The summed E-state index contributed by atoms with van der Waals surface area (Å²) in [5.41, 5.74) is -5.06. The Balaban J connectivity index is 0.712. The number of fused-ring (bicyclic) bond motifs is 10. The molecule has 2 amide bonds. The number of carbonyl (C=O) groups excluding carboxylic acids is 6. The standard InChI is InChI=1S/C56H78Cl2N2O10/c1-33-25-41-39-19-17-35-27-37(61)21-23-49(35,3)53(39,57)43(63)29-51(41,5)55(33,69)45(65)31-59-47(67)15-13-11-9-7-8-10-12-14-16-48(68)60-32-46(66)56(70)34(2)26-42-40-20-18-36-28-38(62)22-24-50(36,4)54(40,58)44(64)30-52(42,56)6/h17-18,21-24,33-34,39-44,63-64,69-70H,7-16,19-20,25-32H2,1-6H3,(H,59,67)(H,60,68). The van der Waals surface area contributed by atoms with Crippen LogP contribution in [0.25, 0.3) is 0 Å². The predicted molar refractivity (Wildman–Crippen MR) is 267 cm³/mol. The van der Waals surface area contributed by atoms with Crippen molar-refractivity contribution in [2.75, 3.05) is 13.1 Å². The highest BCUT2D eigenvalue weighted by atomic mass is 35.5. The Morgan fingerprint density at radius 1 is 0.586 bits per heavy atom. The summed E-state index contributed by atoms with van der Waals surface area (Å²) in [5.74, 6) is -2.95. The molecule has 386 valence electrons. The molecule has 8 aliphatic rings. The second-order valence-electron chi connectivity index (χ2n) is 24.1. The molecule has 8 rings (SSSR count). The number of nitrogens with one attached hydrogen (secondary N) is 2. The van der Waals surface area contributed by atoms with E-state index in [1.54, 1.807) is 12.2 Å². The number of allylic oxidation sites excluding steroid dienone is 8. The van der Waals surface area contributed by atoms with Crippen molar-refractivity contribution in [1.29, 1.82) is 0 Å². The maximum absolute atomic E-state index is 14.0. The number of hydrogen-bond donors (Lipinski definition) is 6. The van der Waals surface area contributed by atoms with Crippen LogP contribution in [-0.4, -0.2) is 102 Å². The molecule has 0 saturated heterocycles. The fourth-order valence-electron chi connectivity index (χ4n) is 16.5. The molecule has 16 atom stereocenters. The highest BCUT2D eigenvalue weighted by Gasteiger charge is 2.76. The second-order valence-corrected chi connectivity index (χ2v) is 25.3. The Morgan fingerprint density at radius 3 is 1.29 bits per heavy atom. The van der Waals surface area contributed by atoms with Gasteiger partial charge >= 0.3 is 0 Å². The Hall–Kier alpha value is -3.00. The Morgan fingerprint density at radius 2 is 0.929 bits per heavy atom. The van der Waals surface area contributed by atoms with Crippen LogP contribution in [0.15, 0.2) is 47.6 Å². The van der Waals surface area contributed by atoms with E-state index in [1.807, 2.05) is 53.7 Å². The van der Waals surface area contributed by atoms with Gasteiger partial charge in [0.25, 0.3) is 0 Å². The molecule has 0 radical (unpaired) electrons. The van der Waals surface area contributed by atoms with Crippen molar-refractivity contribution < 1.29 is 49.2 Å². The van der Waals surface area contributed by atoms with Crippen LogP contribution in [-0.2, 0) is 28.8 Å². The second kappa shape index (κ2) is 19.0. The third-order valence-electron chi connectivity index (χ3n) is 20.7. The molecule has 0 aromatic rings. The van der Waals surface area contributed by atoms with Gasteiger partial charge in [-0.3, -0.25) is 28.8 Å². The summed E-state index contributed by atoms with van der Waals surface area (Å²) in [6.45, 7) is 10.9. The van der Waals surface area contributed by atoms with Crippen molar-refractivity contribution in [3.8, 4) is 0 Å². The lowest BCUT2D eigenvalue weighted by atomic mass is 9.46. The van der Waals surface area contributed by atoms with Crippen LogP contribution >= 0.6 is 23.2 Å². The zero-order valence-corrected chi connectivity index (χ0v) is 43.7. The Bertz CT molecular complexity index is 2140. The van der Waals surface area contributed by atoms with Gasteiger partial charge in [0.1, 0.15) is 11.2 Å². The van der Waals surface area contributed by atoms with E-state index in [4.69, 9.17) is 23.2 Å². The highest BCUT2D eigenvalue weighted by molar-refractivity contribution is 6.26. The van der Waals surface area contributed by atoms with Crippen molar-refractivity contribution >= 4 is 58.1 Å². The van der Waals surface area contributed by atoms with Gasteiger partial charge in [-0.1, -0.05) is 116 Å². The number of rotatable bonds is 17. The van der Waals surface area contributed by atoms with Crippen LogP contribution in [0.1, 0.15) is 157 Å². The molecule has 6 N–H and O–H groups in total. The summed E-state index contributed by atoms with van der Waals surface area (Å²) in [6.07, 6.45) is 19.3. The van der Waals surface area contributed by atoms with Crippen LogP contribution < -0.4 is 10.6 Å². The molecular weight excluding hydrogens is 932 g/mol. The Labute approximate surface area is 424 Å². The smallest absolute Gasteiger partial charge is 0.220 e. The SMILES string of the molecule is CC1CC2C3CC=C4CC(=O)C=CC4(C)C3(Cl)C(O)CC2(C)C1(O)C(=O)CNC(=O)CCCCCCCCCCC(=O)NCC(=O)C1(O)C(C)CC2C3CC=C4CC(=O)C=CC4(C)C3(Cl)C(O)CC21C. The van der Waals surface area contributed by atoms with E-state index in [9.17, 15) is 49.2 Å². The van der Waals surface area contributed by atoms with Crippen LogP contribution in [0.2, 0.25) is 0 Å². The van der Waals surface area contributed by atoms with Crippen LogP contribution in [0.3, 0.4) is 0 Å². The number of ketones is 4. The minimum atomic E-state index is -1.76. The number of halogens is 2. The van der Waals surface area contributed by atoms with E-state index < -0.39 is 78.2 Å². The van der Waals surface area contributed by atoms with Crippen molar-refractivity contribution in [2.45, 2.75) is 190 Å². The summed E-state index contributed by atoms with van der Waals surface area (Å²) in [6, 6.07) is 0. The number of aliphatic hydroxyl groups excluding tert-OH is 2. The summed E-state index contributed by atoms with van der Waals surface area (Å²) in [5, 5.41) is 53.9. The minimum Gasteiger partial charge on any atom is -0.391 e. The molecular formula is C56H78Cl2N2O10. The number of Topliss-reactive ketones (excluding diaryl/α,β-unsaturated/α-hetero) is 2. The van der Waals surface area contributed by atoms with E-state index in [1.165, 1.54) is 0 Å². The fraction of sp³-hybridized carbons (Fsp3) is 0.750. The fourth-order valence-corrected chi connectivity index (χ4v) is 17.5. The lowest BCUT2D eigenvalue weighted by Gasteiger charge is -2.63. The first-order chi connectivity index (χ1) is 32.8. The summed E-state index contributed by atoms with van der Waals surface area (Å²) in [4.78, 5) is 76.1. The molecule has 0 bridgehead atoms. The van der Waals surface area contributed by atoms with Gasteiger partial charge in [-0.05, 0) is 99.0 Å². The summed E-state index contributed by atoms with van der Waals surface area (Å²) < 4.78 is 0. The van der Waals surface area contributed by atoms with Crippen LogP contribution in [0.5, 0.6) is 0 Å². The predicted octanol–water partition coefficient (Wildman–Crippen LogP) is 7.49. The van der Waals surface area contributed by atoms with Gasteiger partial charge in [0.15, 0.2) is 23.1 Å². The lowest BCUT2D eigenvalue weighted by molar-refractivity contribution is -0.175.